The second-order valence-corrected chi connectivity index (χ2v) is 6.46. The van der Waals surface area contributed by atoms with Crippen molar-refractivity contribution in [1.29, 1.82) is 0 Å². The minimum Gasteiger partial charge on any atom is -0.344 e. The van der Waals surface area contributed by atoms with E-state index in [0.29, 0.717) is 6.54 Å². The summed E-state index contributed by atoms with van der Waals surface area (Å²) in [5.74, 6) is -1.02. The van der Waals surface area contributed by atoms with E-state index in [9.17, 15) is 9.59 Å². The number of carbonyl (C=O) groups excluding carboxylic acids is 2. The Balaban J connectivity index is 2.64. The zero-order chi connectivity index (χ0) is 15.3. The zero-order valence-corrected chi connectivity index (χ0v) is 14.5. The summed E-state index contributed by atoms with van der Waals surface area (Å²) in [7, 11) is 0. The average molecular weight is 388 g/mol. The molecule has 1 N–H and O–H groups in total. The summed E-state index contributed by atoms with van der Waals surface area (Å²) in [5.41, 5.74) is 0.985. The second kappa shape index (κ2) is 7.61. The maximum Gasteiger partial charge on any atom is 0.312 e. The van der Waals surface area contributed by atoms with Crippen molar-refractivity contribution in [2.24, 2.45) is 0 Å². The van der Waals surface area contributed by atoms with Crippen LogP contribution in [0.4, 0.5) is 0 Å². The molecule has 0 aromatic heterocycles. The van der Waals surface area contributed by atoms with Gasteiger partial charge in [-0.15, -0.1) is 0 Å². The molecule has 0 aliphatic heterocycles. The number of hydrogen-bond donors (Lipinski definition) is 1. The maximum absolute atomic E-state index is 12.1. The first-order valence-corrected chi connectivity index (χ1v) is 7.75. The Morgan fingerprint density at radius 1 is 1.20 bits per heavy atom. The molecule has 2 amide bonds. The standard InChI is InChI=1S/C15H21IN2O2/c1-10(2)18(11(3)4)15(20)14(19)17-9-12-6-5-7-13(16)8-12/h5-8,10-11H,9H2,1-4H3,(H,17,19). The molecule has 0 fully saturated rings. The first-order valence-electron chi connectivity index (χ1n) is 6.68. The first-order chi connectivity index (χ1) is 9.32. The minimum absolute atomic E-state index is 0.00548. The third kappa shape index (κ3) is 4.77. The van der Waals surface area contributed by atoms with Gasteiger partial charge in [0.05, 0.1) is 0 Å². The van der Waals surface area contributed by atoms with Gasteiger partial charge in [-0.05, 0) is 68.0 Å². The highest BCUT2D eigenvalue weighted by molar-refractivity contribution is 14.1. The molecule has 0 saturated heterocycles. The van der Waals surface area contributed by atoms with Gasteiger partial charge in [-0.1, -0.05) is 12.1 Å². The van der Waals surface area contributed by atoms with Crippen molar-refractivity contribution in [2.75, 3.05) is 0 Å². The molecule has 1 rings (SSSR count). The Morgan fingerprint density at radius 3 is 2.30 bits per heavy atom. The Morgan fingerprint density at radius 2 is 1.80 bits per heavy atom. The van der Waals surface area contributed by atoms with Crippen molar-refractivity contribution >= 4 is 34.4 Å². The lowest BCUT2D eigenvalue weighted by atomic mass is 10.2. The van der Waals surface area contributed by atoms with Gasteiger partial charge in [-0.2, -0.15) is 0 Å². The van der Waals surface area contributed by atoms with E-state index in [0.717, 1.165) is 9.13 Å². The highest BCUT2D eigenvalue weighted by Gasteiger charge is 2.25. The molecule has 5 heteroatoms. The van der Waals surface area contributed by atoms with Crippen molar-refractivity contribution in [3.05, 3.63) is 33.4 Å². The van der Waals surface area contributed by atoms with E-state index in [2.05, 4.69) is 27.9 Å². The smallest absolute Gasteiger partial charge is 0.312 e. The molecule has 0 bridgehead atoms. The maximum atomic E-state index is 12.1. The summed E-state index contributed by atoms with van der Waals surface area (Å²) in [5, 5.41) is 2.68. The monoisotopic (exact) mass is 388 g/mol. The summed E-state index contributed by atoms with van der Waals surface area (Å²) in [4.78, 5) is 25.7. The third-order valence-electron chi connectivity index (χ3n) is 2.88. The number of hydrogen-bond acceptors (Lipinski definition) is 2. The highest BCUT2D eigenvalue weighted by Crippen LogP contribution is 2.08. The molecular weight excluding hydrogens is 367 g/mol. The van der Waals surface area contributed by atoms with Crippen molar-refractivity contribution in [3.63, 3.8) is 0 Å². The lowest BCUT2D eigenvalue weighted by molar-refractivity contribution is -0.148. The van der Waals surface area contributed by atoms with Crippen LogP contribution in [0.3, 0.4) is 0 Å². The highest BCUT2D eigenvalue weighted by atomic mass is 127. The van der Waals surface area contributed by atoms with Gasteiger partial charge in [0.2, 0.25) is 0 Å². The Bertz CT molecular complexity index is 479. The number of nitrogens with one attached hydrogen (secondary N) is 1. The van der Waals surface area contributed by atoms with Gasteiger partial charge in [0, 0.05) is 22.2 Å². The molecule has 0 atom stereocenters. The number of amides is 2. The van der Waals surface area contributed by atoms with Crippen LogP contribution in [0.25, 0.3) is 0 Å². The zero-order valence-electron chi connectivity index (χ0n) is 12.3. The lowest BCUT2D eigenvalue weighted by Gasteiger charge is -2.29. The first kappa shape index (κ1) is 16.9. The Kier molecular flexibility index (Phi) is 6.45. The van der Waals surface area contributed by atoms with Crippen LogP contribution in [0.15, 0.2) is 24.3 Å². The molecule has 0 heterocycles. The summed E-state index contributed by atoms with van der Waals surface area (Å²) < 4.78 is 1.10. The van der Waals surface area contributed by atoms with Crippen LogP contribution >= 0.6 is 22.6 Å². The van der Waals surface area contributed by atoms with Crippen LogP contribution in [-0.2, 0) is 16.1 Å². The van der Waals surface area contributed by atoms with Crippen molar-refractivity contribution in [3.8, 4) is 0 Å². The van der Waals surface area contributed by atoms with Crippen molar-refractivity contribution < 1.29 is 9.59 Å². The SMILES string of the molecule is CC(C)N(C(=O)C(=O)NCc1cccc(I)c1)C(C)C. The predicted molar refractivity (Wildman–Crippen MR) is 88.1 cm³/mol. The van der Waals surface area contributed by atoms with Gasteiger partial charge in [-0.25, -0.2) is 0 Å². The quantitative estimate of drug-likeness (QED) is 0.637. The lowest BCUT2D eigenvalue weighted by Crippen LogP contribution is -2.49. The number of nitrogens with zero attached hydrogens (tertiary/aromatic N) is 1. The van der Waals surface area contributed by atoms with Crippen LogP contribution in [0.5, 0.6) is 0 Å². The van der Waals surface area contributed by atoms with E-state index >= 15 is 0 Å². The van der Waals surface area contributed by atoms with Gasteiger partial charge >= 0.3 is 11.8 Å². The van der Waals surface area contributed by atoms with Crippen LogP contribution in [0.1, 0.15) is 33.3 Å². The van der Waals surface area contributed by atoms with E-state index in [4.69, 9.17) is 0 Å². The molecular formula is C15H21IN2O2. The van der Waals surface area contributed by atoms with Gasteiger partial charge in [0.15, 0.2) is 0 Å². The molecule has 0 aliphatic rings. The molecule has 1 aromatic rings. The summed E-state index contributed by atoms with van der Waals surface area (Å²) in [6.45, 7) is 8.00. The number of carbonyl (C=O) groups is 2. The average Bonchev–Trinajstić information content (AvgIpc) is 2.35. The van der Waals surface area contributed by atoms with E-state index < -0.39 is 11.8 Å². The van der Waals surface area contributed by atoms with Crippen LogP contribution in [0, 0.1) is 3.57 Å². The molecule has 4 nitrogen and oxygen atoms in total. The topological polar surface area (TPSA) is 49.4 Å². The molecule has 20 heavy (non-hydrogen) atoms. The number of benzene rings is 1. The fourth-order valence-corrected chi connectivity index (χ4v) is 2.70. The van der Waals surface area contributed by atoms with E-state index in [-0.39, 0.29) is 12.1 Å². The van der Waals surface area contributed by atoms with Crippen molar-refractivity contribution in [2.45, 2.75) is 46.3 Å². The normalized spacial score (nSPS) is 10.8. The fourth-order valence-electron chi connectivity index (χ4n) is 2.09. The number of rotatable bonds is 4. The van der Waals surface area contributed by atoms with E-state index in [1.54, 1.807) is 4.90 Å². The molecule has 0 unspecified atom stereocenters. The van der Waals surface area contributed by atoms with Crippen molar-refractivity contribution in [1.82, 2.24) is 10.2 Å². The molecule has 0 aliphatic carbocycles. The van der Waals surface area contributed by atoms with E-state index in [1.807, 2.05) is 52.0 Å². The largest absolute Gasteiger partial charge is 0.344 e. The van der Waals surface area contributed by atoms with Gasteiger partial charge in [0.1, 0.15) is 0 Å². The predicted octanol–water partition coefficient (Wildman–Crippen LogP) is 2.55. The van der Waals surface area contributed by atoms with Crippen LogP contribution < -0.4 is 5.32 Å². The van der Waals surface area contributed by atoms with Crippen LogP contribution in [-0.4, -0.2) is 28.8 Å². The second-order valence-electron chi connectivity index (χ2n) is 5.21. The fraction of sp³-hybridized carbons (Fsp3) is 0.467. The molecule has 0 saturated carbocycles. The summed E-state index contributed by atoms with van der Waals surface area (Å²) in [6, 6.07) is 7.83. The Labute approximate surface area is 134 Å². The third-order valence-corrected chi connectivity index (χ3v) is 3.55. The summed E-state index contributed by atoms with van der Waals surface area (Å²) >= 11 is 2.22. The Hall–Kier alpha value is -1.11. The van der Waals surface area contributed by atoms with Gasteiger partial charge in [0.25, 0.3) is 0 Å². The molecule has 0 spiro atoms. The number of halogens is 1. The van der Waals surface area contributed by atoms with Crippen LogP contribution in [0.2, 0.25) is 0 Å². The molecule has 110 valence electrons. The van der Waals surface area contributed by atoms with Gasteiger partial charge < -0.3 is 10.2 Å². The molecule has 1 aromatic carbocycles. The van der Waals surface area contributed by atoms with E-state index in [1.165, 1.54) is 0 Å². The van der Waals surface area contributed by atoms with Gasteiger partial charge in [-0.3, -0.25) is 9.59 Å². The minimum atomic E-state index is -0.550. The molecule has 0 radical (unpaired) electrons. The summed E-state index contributed by atoms with van der Waals surface area (Å²) in [6.07, 6.45) is 0.